The Balaban J connectivity index is 1.90. The zero-order valence-corrected chi connectivity index (χ0v) is 16.2. The van der Waals surface area contributed by atoms with Gasteiger partial charge in [0, 0.05) is 30.4 Å². The minimum Gasteiger partial charge on any atom is -0.394 e. The number of aliphatic hydroxyl groups excluding tert-OH is 1. The van der Waals surface area contributed by atoms with E-state index >= 15 is 0 Å². The van der Waals surface area contributed by atoms with Gasteiger partial charge in [-0.15, -0.1) is 0 Å². The van der Waals surface area contributed by atoms with Crippen molar-refractivity contribution in [3.05, 3.63) is 53.7 Å². The predicted octanol–water partition coefficient (Wildman–Crippen LogP) is 2.88. The number of carbonyl (C=O) groups excluding carboxylic acids is 2. The van der Waals surface area contributed by atoms with E-state index in [4.69, 9.17) is 0 Å². The van der Waals surface area contributed by atoms with E-state index in [0.29, 0.717) is 29.9 Å². The Labute approximate surface area is 165 Å². The summed E-state index contributed by atoms with van der Waals surface area (Å²) in [7, 11) is 0. The van der Waals surface area contributed by atoms with Crippen LogP contribution in [0.2, 0.25) is 0 Å². The number of pyridine rings is 1. The zero-order valence-electron chi connectivity index (χ0n) is 16.2. The first-order valence-corrected chi connectivity index (χ1v) is 9.91. The van der Waals surface area contributed by atoms with Gasteiger partial charge in [0.1, 0.15) is 0 Å². The summed E-state index contributed by atoms with van der Waals surface area (Å²) in [5.41, 5.74) is 2.32. The third kappa shape index (κ3) is 4.39. The fourth-order valence-corrected chi connectivity index (χ4v) is 3.58. The van der Waals surface area contributed by atoms with Crippen molar-refractivity contribution < 1.29 is 14.7 Å². The molecule has 28 heavy (non-hydrogen) atoms. The number of rotatable bonds is 6. The molecule has 2 N–H and O–H groups in total. The van der Waals surface area contributed by atoms with Crippen LogP contribution in [-0.2, 0) is 0 Å². The number of piperidine rings is 1. The van der Waals surface area contributed by atoms with E-state index in [0.717, 1.165) is 31.2 Å². The molecule has 0 bridgehead atoms. The highest BCUT2D eigenvalue weighted by atomic mass is 16.3. The topological polar surface area (TPSA) is 82.5 Å². The van der Waals surface area contributed by atoms with Crippen LogP contribution in [0.15, 0.2) is 42.6 Å². The van der Waals surface area contributed by atoms with Crippen LogP contribution in [0, 0.1) is 0 Å². The van der Waals surface area contributed by atoms with Crippen molar-refractivity contribution in [2.45, 2.75) is 38.6 Å². The number of benzene rings is 1. The summed E-state index contributed by atoms with van der Waals surface area (Å²) in [6.07, 6.45) is 5.30. The van der Waals surface area contributed by atoms with E-state index in [1.165, 1.54) is 0 Å². The highest BCUT2D eigenvalue weighted by Gasteiger charge is 2.27. The van der Waals surface area contributed by atoms with E-state index in [-0.39, 0.29) is 24.5 Å². The quantitative estimate of drug-likeness (QED) is 0.806. The summed E-state index contributed by atoms with van der Waals surface area (Å²) in [6.45, 7) is 3.24. The van der Waals surface area contributed by atoms with Gasteiger partial charge in [-0.3, -0.25) is 14.6 Å². The van der Waals surface area contributed by atoms with Crippen LogP contribution >= 0.6 is 0 Å². The summed E-state index contributed by atoms with van der Waals surface area (Å²) in [5.74, 6) is -0.258. The SMILES string of the molecule is CCCNC(=O)c1cccnc1-c1cccc(C(=O)N2CCCC[C@H]2CO)c1. The molecular formula is C22H27N3O3. The van der Waals surface area contributed by atoms with E-state index in [9.17, 15) is 14.7 Å². The molecule has 1 aliphatic heterocycles. The maximum atomic E-state index is 13.0. The molecule has 1 aromatic heterocycles. The number of nitrogens with one attached hydrogen (secondary N) is 1. The van der Waals surface area contributed by atoms with Crippen molar-refractivity contribution in [3.63, 3.8) is 0 Å². The molecule has 2 amide bonds. The van der Waals surface area contributed by atoms with Gasteiger partial charge in [-0.2, -0.15) is 0 Å². The molecule has 0 radical (unpaired) electrons. The molecule has 1 fully saturated rings. The minimum atomic E-state index is -0.168. The maximum Gasteiger partial charge on any atom is 0.254 e. The lowest BCUT2D eigenvalue weighted by Gasteiger charge is -2.34. The Kier molecular flexibility index (Phi) is 6.76. The van der Waals surface area contributed by atoms with Crippen molar-refractivity contribution in [2.75, 3.05) is 19.7 Å². The average Bonchev–Trinajstić information content (AvgIpc) is 2.77. The second kappa shape index (κ2) is 9.46. The van der Waals surface area contributed by atoms with Crippen molar-refractivity contribution in [2.24, 2.45) is 0 Å². The standard InChI is InChI=1S/C22H27N3O3/c1-2-11-24-21(27)19-10-6-12-23-20(19)16-7-5-8-17(14-16)22(28)25-13-4-3-9-18(25)15-26/h5-8,10,12,14,18,26H,2-4,9,11,13,15H2,1H3,(H,24,27)/t18-/m0/s1. The average molecular weight is 381 g/mol. The van der Waals surface area contributed by atoms with Gasteiger partial charge in [-0.1, -0.05) is 19.1 Å². The van der Waals surface area contributed by atoms with Gasteiger partial charge in [-0.05, 0) is 49.9 Å². The van der Waals surface area contributed by atoms with Crippen LogP contribution in [-0.4, -0.2) is 52.5 Å². The van der Waals surface area contributed by atoms with E-state index in [1.54, 1.807) is 35.4 Å². The first-order valence-electron chi connectivity index (χ1n) is 9.91. The Hall–Kier alpha value is -2.73. The van der Waals surface area contributed by atoms with Gasteiger partial charge in [0.15, 0.2) is 0 Å². The summed E-state index contributed by atoms with van der Waals surface area (Å²) in [4.78, 5) is 31.7. The molecule has 2 heterocycles. The van der Waals surface area contributed by atoms with Gasteiger partial charge in [-0.25, -0.2) is 0 Å². The first-order chi connectivity index (χ1) is 13.7. The monoisotopic (exact) mass is 381 g/mol. The third-order valence-electron chi connectivity index (χ3n) is 5.07. The lowest BCUT2D eigenvalue weighted by molar-refractivity contribution is 0.0503. The fourth-order valence-electron chi connectivity index (χ4n) is 3.58. The molecule has 0 unspecified atom stereocenters. The zero-order chi connectivity index (χ0) is 19.9. The predicted molar refractivity (Wildman–Crippen MR) is 108 cm³/mol. The molecule has 148 valence electrons. The number of hydrogen-bond acceptors (Lipinski definition) is 4. The van der Waals surface area contributed by atoms with Gasteiger partial charge < -0.3 is 15.3 Å². The number of aromatic nitrogens is 1. The van der Waals surface area contributed by atoms with Crippen molar-refractivity contribution in [1.29, 1.82) is 0 Å². The molecule has 2 aromatic rings. The Morgan fingerprint density at radius 2 is 2.11 bits per heavy atom. The van der Waals surface area contributed by atoms with E-state index < -0.39 is 0 Å². The fraction of sp³-hybridized carbons (Fsp3) is 0.409. The summed E-state index contributed by atoms with van der Waals surface area (Å²) >= 11 is 0. The molecule has 6 nitrogen and oxygen atoms in total. The summed E-state index contributed by atoms with van der Waals surface area (Å²) in [5, 5.41) is 12.5. The number of nitrogens with zero attached hydrogens (tertiary/aromatic N) is 2. The third-order valence-corrected chi connectivity index (χ3v) is 5.07. The van der Waals surface area contributed by atoms with Gasteiger partial charge in [0.05, 0.1) is 23.9 Å². The molecule has 3 rings (SSSR count). The van der Waals surface area contributed by atoms with E-state index in [1.807, 2.05) is 19.1 Å². The maximum absolute atomic E-state index is 13.0. The van der Waals surface area contributed by atoms with Crippen LogP contribution in [0.5, 0.6) is 0 Å². The molecule has 0 saturated carbocycles. The van der Waals surface area contributed by atoms with Crippen LogP contribution in [0.25, 0.3) is 11.3 Å². The Morgan fingerprint density at radius 1 is 1.25 bits per heavy atom. The molecular weight excluding hydrogens is 354 g/mol. The number of aliphatic hydroxyl groups is 1. The van der Waals surface area contributed by atoms with Gasteiger partial charge in [0.25, 0.3) is 11.8 Å². The van der Waals surface area contributed by atoms with Crippen LogP contribution in [0.1, 0.15) is 53.3 Å². The molecule has 1 saturated heterocycles. The minimum absolute atomic E-state index is 0.0204. The Bertz CT molecular complexity index is 837. The Morgan fingerprint density at radius 3 is 2.89 bits per heavy atom. The molecule has 0 spiro atoms. The van der Waals surface area contributed by atoms with Gasteiger partial charge in [0.2, 0.25) is 0 Å². The number of amides is 2. The van der Waals surface area contributed by atoms with Crippen LogP contribution in [0.4, 0.5) is 0 Å². The van der Waals surface area contributed by atoms with Crippen molar-refractivity contribution >= 4 is 11.8 Å². The highest BCUT2D eigenvalue weighted by molar-refractivity contribution is 6.01. The molecule has 1 aromatic carbocycles. The summed E-state index contributed by atoms with van der Waals surface area (Å²) in [6, 6.07) is 10.6. The second-order valence-electron chi connectivity index (χ2n) is 7.07. The number of carbonyl (C=O) groups is 2. The molecule has 6 heteroatoms. The lowest BCUT2D eigenvalue weighted by atomic mass is 9.99. The number of hydrogen-bond donors (Lipinski definition) is 2. The normalized spacial score (nSPS) is 16.6. The largest absolute Gasteiger partial charge is 0.394 e. The highest BCUT2D eigenvalue weighted by Crippen LogP contribution is 2.25. The van der Waals surface area contributed by atoms with Crippen molar-refractivity contribution in [3.8, 4) is 11.3 Å². The molecule has 1 aliphatic rings. The van der Waals surface area contributed by atoms with E-state index in [2.05, 4.69) is 10.3 Å². The molecule has 0 aliphatic carbocycles. The first kappa shape index (κ1) is 20.0. The lowest BCUT2D eigenvalue weighted by Crippen LogP contribution is -2.45. The van der Waals surface area contributed by atoms with Crippen molar-refractivity contribution in [1.82, 2.24) is 15.2 Å². The second-order valence-corrected chi connectivity index (χ2v) is 7.07. The van der Waals surface area contributed by atoms with Gasteiger partial charge >= 0.3 is 0 Å². The molecule has 1 atom stereocenters. The summed E-state index contributed by atoms with van der Waals surface area (Å²) < 4.78 is 0. The smallest absolute Gasteiger partial charge is 0.254 e. The number of likely N-dealkylation sites (tertiary alicyclic amines) is 1. The van der Waals surface area contributed by atoms with Crippen LogP contribution in [0.3, 0.4) is 0 Å². The van der Waals surface area contributed by atoms with Crippen LogP contribution < -0.4 is 5.32 Å².